The number of hydrogen-bond acceptors (Lipinski definition) is 8. The van der Waals surface area contributed by atoms with Gasteiger partial charge in [0.15, 0.2) is 0 Å². The zero-order chi connectivity index (χ0) is 16.5. The van der Waals surface area contributed by atoms with Crippen molar-refractivity contribution in [3.63, 3.8) is 0 Å². The van der Waals surface area contributed by atoms with E-state index in [0.717, 1.165) is 5.69 Å². The lowest BCUT2D eigenvalue weighted by molar-refractivity contribution is 0.475. The summed E-state index contributed by atoms with van der Waals surface area (Å²) in [6, 6.07) is 8.38. The SMILES string of the molecule is O=c1[nH]c(CSc2nnnn2-c2ccc(O)cc2)nc2ccsc12. The summed E-state index contributed by atoms with van der Waals surface area (Å²) in [5.41, 5.74) is 1.29. The highest BCUT2D eigenvalue weighted by atomic mass is 32.2. The Labute approximate surface area is 143 Å². The standard InChI is InChI=1S/C14H10N6O2S2/c21-9-3-1-8(2-4-9)20-14(17-18-19-20)24-7-11-15-10-5-6-23-12(10)13(22)16-11/h1-6,21H,7H2,(H,15,16,22). The van der Waals surface area contributed by atoms with Crippen molar-refractivity contribution < 1.29 is 5.11 Å². The van der Waals surface area contributed by atoms with Gasteiger partial charge in [0, 0.05) is 0 Å². The quantitative estimate of drug-likeness (QED) is 0.537. The van der Waals surface area contributed by atoms with Gasteiger partial charge in [0.05, 0.1) is 17.0 Å². The Morgan fingerprint density at radius 2 is 2.08 bits per heavy atom. The number of nitrogens with zero attached hydrogens (tertiary/aromatic N) is 5. The lowest BCUT2D eigenvalue weighted by Crippen LogP contribution is -2.09. The third-order valence-corrected chi connectivity index (χ3v) is 5.07. The number of benzene rings is 1. The predicted octanol–water partition coefficient (Wildman–Crippen LogP) is 1.96. The van der Waals surface area contributed by atoms with Crippen LogP contribution in [0.1, 0.15) is 5.82 Å². The highest BCUT2D eigenvalue weighted by Crippen LogP contribution is 2.23. The van der Waals surface area contributed by atoms with E-state index in [9.17, 15) is 9.90 Å². The number of aromatic amines is 1. The summed E-state index contributed by atoms with van der Waals surface area (Å²) in [6.45, 7) is 0. The van der Waals surface area contributed by atoms with Crippen LogP contribution in [0, 0.1) is 0 Å². The molecule has 0 radical (unpaired) electrons. The van der Waals surface area contributed by atoms with Gasteiger partial charge in [-0.05, 0) is 46.1 Å². The molecule has 0 saturated carbocycles. The monoisotopic (exact) mass is 358 g/mol. The van der Waals surface area contributed by atoms with Crippen LogP contribution in [0.5, 0.6) is 5.75 Å². The molecular formula is C14H10N6O2S2. The first kappa shape index (κ1) is 14.8. The fourth-order valence-electron chi connectivity index (χ4n) is 2.15. The molecule has 24 heavy (non-hydrogen) atoms. The van der Waals surface area contributed by atoms with Crippen LogP contribution in [-0.4, -0.2) is 35.3 Å². The Balaban J connectivity index is 1.59. The van der Waals surface area contributed by atoms with E-state index in [1.165, 1.54) is 23.1 Å². The number of hydrogen-bond donors (Lipinski definition) is 2. The maximum Gasteiger partial charge on any atom is 0.268 e. The summed E-state index contributed by atoms with van der Waals surface area (Å²) in [5.74, 6) is 1.17. The van der Waals surface area contributed by atoms with E-state index in [-0.39, 0.29) is 11.3 Å². The van der Waals surface area contributed by atoms with E-state index in [1.54, 1.807) is 28.9 Å². The summed E-state index contributed by atoms with van der Waals surface area (Å²) in [4.78, 5) is 19.2. The second-order valence-corrected chi connectivity index (χ2v) is 6.68. The van der Waals surface area contributed by atoms with Gasteiger partial charge in [-0.2, -0.15) is 4.68 Å². The van der Waals surface area contributed by atoms with Crippen LogP contribution in [0.15, 0.2) is 45.7 Å². The number of thioether (sulfide) groups is 1. The Kier molecular flexibility index (Phi) is 3.75. The summed E-state index contributed by atoms with van der Waals surface area (Å²) in [6.07, 6.45) is 0. The van der Waals surface area contributed by atoms with E-state index >= 15 is 0 Å². The molecule has 3 aromatic heterocycles. The first-order valence-corrected chi connectivity index (χ1v) is 8.74. The number of thiophene rings is 1. The zero-order valence-electron chi connectivity index (χ0n) is 12.1. The average molecular weight is 358 g/mol. The molecule has 4 rings (SSSR count). The van der Waals surface area contributed by atoms with E-state index in [4.69, 9.17) is 0 Å². The lowest BCUT2D eigenvalue weighted by atomic mass is 10.3. The molecule has 0 unspecified atom stereocenters. The van der Waals surface area contributed by atoms with Gasteiger partial charge in [0.1, 0.15) is 16.3 Å². The van der Waals surface area contributed by atoms with Crippen LogP contribution in [-0.2, 0) is 5.75 Å². The summed E-state index contributed by atoms with van der Waals surface area (Å²) in [5, 5.41) is 23.4. The van der Waals surface area contributed by atoms with Crippen LogP contribution in [0.25, 0.3) is 15.9 Å². The molecule has 0 aliphatic carbocycles. The molecule has 2 N–H and O–H groups in total. The van der Waals surface area contributed by atoms with Crippen molar-refractivity contribution >= 4 is 33.3 Å². The average Bonchev–Trinajstić information content (AvgIpc) is 3.22. The molecule has 0 aliphatic heterocycles. The zero-order valence-corrected chi connectivity index (χ0v) is 13.7. The van der Waals surface area contributed by atoms with E-state index in [0.29, 0.717) is 27.0 Å². The van der Waals surface area contributed by atoms with Gasteiger partial charge in [0.25, 0.3) is 5.56 Å². The number of fused-ring (bicyclic) bond motifs is 1. The van der Waals surface area contributed by atoms with Crippen LogP contribution in [0.4, 0.5) is 0 Å². The first-order valence-electron chi connectivity index (χ1n) is 6.88. The van der Waals surface area contributed by atoms with E-state index in [2.05, 4.69) is 25.5 Å². The van der Waals surface area contributed by atoms with Crippen molar-refractivity contribution in [2.24, 2.45) is 0 Å². The molecule has 8 nitrogen and oxygen atoms in total. The lowest BCUT2D eigenvalue weighted by Gasteiger charge is -2.04. The van der Waals surface area contributed by atoms with Gasteiger partial charge >= 0.3 is 0 Å². The van der Waals surface area contributed by atoms with Gasteiger partial charge in [0.2, 0.25) is 5.16 Å². The van der Waals surface area contributed by atoms with Crippen LogP contribution < -0.4 is 5.56 Å². The minimum atomic E-state index is -0.135. The van der Waals surface area contributed by atoms with Gasteiger partial charge in [-0.3, -0.25) is 4.79 Å². The van der Waals surface area contributed by atoms with Crippen LogP contribution >= 0.6 is 23.1 Å². The van der Waals surface area contributed by atoms with Crippen molar-refractivity contribution in [2.45, 2.75) is 10.9 Å². The minimum absolute atomic E-state index is 0.135. The Bertz CT molecular complexity index is 1050. The molecule has 0 spiro atoms. The molecule has 0 atom stereocenters. The largest absolute Gasteiger partial charge is 0.508 e. The van der Waals surface area contributed by atoms with Crippen molar-refractivity contribution in [1.82, 2.24) is 30.2 Å². The Morgan fingerprint density at radius 1 is 1.25 bits per heavy atom. The normalized spacial score (nSPS) is 11.2. The number of phenolic OH excluding ortho intramolecular Hbond substituents is 1. The van der Waals surface area contributed by atoms with Gasteiger partial charge in [-0.15, -0.1) is 16.4 Å². The second-order valence-electron chi connectivity index (χ2n) is 4.83. The number of rotatable bonds is 4. The number of tetrazole rings is 1. The number of H-pyrrole nitrogens is 1. The molecule has 120 valence electrons. The van der Waals surface area contributed by atoms with Crippen LogP contribution in [0.3, 0.4) is 0 Å². The highest BCUT2D eigenvalue weighted by Gasteiger charge is 2.11. The molecule has 0 fully saturated rings. The molecule has 0 bridgehead atoms. The number of aromatic nitrogens is 6. The Morgan fingerprint density at radius 3 is 2.92 bits per heavy atom. The van der Waals surface area contributed by atoms with Gasteiger partial charge < -0.3 is 10.1 Å². The van der Waals surface area contributed by atoms with Crippen molar-refractivity contribution in [3.8, 4) is 11.4 Å². The Hall–Kier alpha value is -2.72. The second kappa shape index (κ2) is 6.06. The van der Waals surface area contributed by atoms with Crippen molar-refractivity contribution in [3.05, 3.63) is 51.9 Å². The highest BCUT2D eigenvalue weighted by molar-refractivity contribution is 7.98. The van der Waals surface area contributed by atoms with Gasteiger partial charge in [-0.1, -0.05) is 11.8 Å². The van der Waals surface area contributed by atoms with Crippen molar-refractivity contribution in [2.75, 3.05) is 0 Å². The third kappa shape index (κ3) is 2.76. The molecule has 1 aromatic carbocycles. The van der Waals surface area contributed by atoms with Crippen LogP contribution in [0.2, 0.25) is 0 Å². The summed E-state index contributed by atoms with van der Waals surface area (Å²) in [7, 11) is 0. The van der Waals surface area contributed by atoms with Gasteiger partial charge in [-0.25, -0.2) is 4.98 Å². The maximum atomic E-state index is 12.0. The number of phenols is 1. The topological polar surface area (TPSA) is 110 Å². The smallest absolute Gasteiger partial charge is 0.268 e. The number of nitrogens with one attached hydrogen (secondary N) is 1. The molecule has 0 aliphatic rings. The third-order valence-electron chi connectivity index (χ3n) is 3.24. The fraction of sp³-hybridized carbons (Fsp3) is 0.0714. The first-order chi connectivity index (χ1) is 11.7. The molecule has 3 heterocycles. The fourth-order valence-corrected chi connectivity index (χ4v) is 3.63. The molecule has 4 aromatic rings. The number of aromatic hydroxyl groups is 1. The summed E-state index contributed by atoms with van der Waals surface area (Å²) >= 11 is 2.73. The maximum absolute atomic E-state index is 12.0. The van der Waals surface area contributed by atoms with E-state index in [1.807, 2.05) is 11.4 Å². The molecule has 0 saturated heterocycles. The molecule has 10 heteroatoms. The van der Waals surface area contributed by atoms with E-state index < -0.39 is 0 Å². The molecular weight excluding hydrogens is 348 g/mol. The van der Waals surface area contributed by atoms with Crippen molar-refractivity contribution in [1.29, 1.82) is 0 Å². The predicted molar refractivity (Wildman–Crippen MR) is 90.6 cm³/mol. The minimum Gasteiger partial charge on any atom is -0.508 e. The summed E-state index contributed by atoms with van der Waals surface area (Å²) < 4.78 is 2.18. The molecule has 0 amide bonds.